The van der Waals surface area contributed by atoms with Gasteiger partial charge in [-0.1, -0.05) is 0 Å². The number of hydrogen-bond donors (Lipinski definition) is 3. The zero-order chi connectivity index (χ0) is 16.6. The van der Waals surface area contributed by atoms with Gasteiger partial charge in [0.15, 0.2) is 0 Å². The smallest absolute Gasteiger partial charge is 0.314 e. The molecule has 136 valence electrons. The average Bonchev–Trinajstić information content (AvgIpc) is 3.01. The minimum absolute atomic E-state index is 0.0481. The van der Waals surface area contributed by atoms with Crippen molar-refractivity contribution in [2.24, 2.45) is 35.0 Å². The van der Waals surface area contributed by atoms with Gasteiger partial charge in [-0.05, 0) is 74.5 Å². The number of carbonyl (C=O) groups is 1. The highest BCUT2D eigenvalue weighted by molar-refractivity contribution is 5.73. The Hall–Kier alpha value is -0.810. The zero-order valence-electron chi connectivity index (χ0n) is 14.6. The van der Waals surface area contributed by atoms with Gasteiger partial charge in [0.1, 0.15) is 0 Å². The number of aliphatic hydroxyl groups excluding tert-OH is 1. The number of hydrogen-bond acceptors (Lipinski definition) is 3. The van der Waals surface area contributed by atoms with E-state index < -0.39 is 0 Å². The van der Waals surface area contributed by atoms with Crippen molar-refractivity contribution in [1.82, 2.24) is 10.6 Å². The molecule has 1 atom stereocenters. The van der Waals surface area contributed by atoms with E-state index in [9.17, 15) is 9.90 Å². The molecule has 1 heterocycles. The Balaban J connectivity index is 1.24. The largest absolute Gasteiger partial charge is 0.396 e. The van der Waals surface area contributed by atoms with Gasteiger partial charge in [-0.15, -0.1) is 0 Å². The van der Waals surface area contributed by atoms with Crippen LogP contribution in [0.15, 0.2) is 0 Å². The van der Waals surface area contributed by atoms with Gasteiger partial charge in [0, 0.05) is 31.7 Å². The maximum absolute atomic E-state index is 12.3. The van der Waals surface area contributed by atoms with Gasteiger partial charge >= 0.3 is 6.03 Å². The summed E-state index contributed by atoms with van der Waals surface area (Å²) >= 11 is 0. The number of urea groups is 1. The highest BCUT2D eigenvalue weighted by Gasteiger charge is 2.48. The Morgan fingerprint density at radius 1 is 1.08 bits per heavy atom. The van der Waals surface area contributed by atoms with Gasteiger partial charge in [-0.3, -0.25) is 0 Å². The molecule has 5 aliphatic rings. The third-order valence-corrected chi connectivity index (χ3v) is 7.37. The molecule has 5 rings (SSSR count). The second-order valence-corrected chi connectivity index (χ2v) is 8.93. The predicted molar refractivity (Wildman–Crippen MR) is 91.5 cm³/mol. The van der Waals surface area contributed by atoms with Crippen LogP contribution in [-0.2, 0) is 4.74 Å². The number of amides is 2. The molecule has 0 aromatic carbocycles. The number of nitrogens with one attached hydrogen (secondary N) is 2. The molecule has 1 saturated heterocycles. The molecule has 2 amide bonds. The lowest BCUT2D eigenvalue weighted by molar-refractivity contribution is -0.0343. The van der Waals surface area contributed by atoms with Crippen molar-refractivity contribution >= 4 is 6.03 Å². The Morgan fingerprint density at radius 3 is 2.38 bits per heavy atom. The van der Waals surface area contributed by atoms with Crippen LogP contribution in [0.25, 0.3) is 0 Å². The topological polar surface area (TPSA) is 70.6 Å². The molecule has 0 aromatic heterocycles. The molecule has 0 spiro atoms. The molecule has 1 unspecified atom stereocenters. The minimum atomic E-state index is -0.0747. The van der Waals surface area contributed by atoms with Crippen molar-refractivity contribution in [2.45, 2.75) is 44.9 Å². The van der Waals surface area contributed by atoms with Crippen LogP contribution in [0.3, 0.4) is 0 Å². The third kappa shape index (κ3) is 3.30. The summed E-state index contributed by atoms with van der Waals surface area (Å²) in [6, 6.07) is -0.0481. The minimum Gasteiger partial charge on any atom is -0.396 e. The van der Waals surface area contributed by atoms with Crippen LogP contribution in [0.1, 0.15) is 44.9 Å². The summed E-state index contributed by atoms with van der Waals surface area (Å²) in [5.41, 5.74) is -0.0747. The number of rotatable bonds is 6. The first-order valence-electron chi connectivity index (χ1n) is 9.88. The van der Waals surface area contributed by atoms with E-state index in [1.54, 1.807) is 0 Å². The summed E-state index contributed by atoms with van der Waals surface area (Å²) in [5, 5.41) is 15.4. The van der Waals surface area contributed by atoms with Gasteiger partial charge in [0.2, 0.25) is 0 Å². The van der Waals surface area contributed by atoms with Crippen LogP contribution in [0.5, 0.6) is 0 Å². The number of carbonyl (C=O) groups excluding carboxylic acids is 1. The van der Waals surface area contributed by atoms with E-state index in [4.69, 9.17) is 4.74 Å². The van der Waals surface area contributed by atoms with E-state index in [1.165, 1.54) is 32.1 Å². The van der Waals surface area contributed by atoms with E-state index in [1.807, 2.05) is 0 Å². The van der Waals surface area contributed by atoms with E-state index in [-0.39, 0.29) is 18.1 Å². The molecular weight excluding hydrogens is 304 g/mol. The lowest BCUT2D eigenvalue weighted by Gasteiger charge is -2.54. The molecule has 4 saturated carbocycles. The highest BCUT2D eigenvalue weighted by atomic mass is 16.5. The fourth-order valence-electron chi connectivity index (χ4n) is 6.22. The average molecular weight is 336 g/mol. The molecule has 24 heavy (non-hydrogen) atoms. The Morgan fingerprint density at radius 2 is 1.79 bits per heavy atom. The number of ether oxygens (including phenoxy) is 1. The second-order valence-electron chi connectivity index (χ2n) is 8.93. The summed E-state index contributed by atoms with van der Waals surface area (Å²) in [6.45, 7) is 2.96. The van der Waals surface area contributed by atoms with Crippen LogP contribution >= 0.6 is 0 Å². The fraction of sp³-hybridized carbons (Fsp3) is 0.947. The summed E-state index contributed by atoms with van der Waals surface area (Å²) in [4.78, 5) is 12.3. The van der Waals surface area contributed by atoms with Crippen molar-refractivity contribution in [3.63, 3.8) is 0 Å². The van der Waals surface area contributed by atoms with Crippen LogP contribution in [0.4, 0.5) is 4.79 Å². The summed E-state index contributed by atoms with van der Waals surface area (Å²) < 4.78 is 5.48. The monoisotopic (exact) mass is 336 g/mol. The van der Waals surface area contributed by atoms with Gasteiger partial charge in [-0.25, -0.2) is 4.79 Å². The third-order valence-electron chi connectivity index (χ3n) is 7.37. The molecule has 5 fully saturated rings. The fourth-order valence-corrected chi connectivity index (χ4v) is 6.22. The molecule has 3 N–H and O–H groups in total. The van der Waals surface area contributed by atoms with Gasteiger partial charge in [0.25, 0.3) is 0 Å². The Labute approximate surface area is 144 Å². The van der Waals surface area contributed by atoms with E-state index >= 15 is 0 Å². The van der Waals surface area contributed by atoms with Crippen LogP contribution in [0, 0.1) is 35.0 Å². The SMILES string of the molecule is O=C(NCC1C2CC3CC(C2)CC1C3)NCC1(CCO)CCOC1. The summed E-state index contributed by atoms with van der Waals surface area (Å²) in [6.07, 6.45) is 8.69. The predicted octanol–water partition coefficient (Wildman–Crippen LogP) is 2.15. The second kappa shape index (κ2) is 6.83. The first-order valence-corrected chi connectivity index (χ1v) is 9.88. The van der Waals surface area contributed by atoms with Gasteiger partial charge in [-0.2, -0.15) is 0 Å². The van der Waals surface area contributed by atoms with Crippen molar-refractivity contribution in [3.8, 4) is 0 Å². The maximum Gasteiger partial charge on any atom is 0.314 e. The molecule has 0 aromatic rings. The molecule has 5 heteroatoms. The Kier molecular flexibility index (Phi) is 4.74. The van der Waals surface area contributed by atoms with E-state index in [2.05, 4.69) is 10.6 Å². The quantitative estimate of drug-likeness (QED) is 0.696. The van der Waals surface area contributed by atoms with Crippen LogP contribution in [0.2, 0.25) is 0 Å². The molecule has 0 radical (unpaired) electrons. The molecule has 5 nitrogen and oxygen atoms in total. The standard InChI is InChI=1S/C19H32N2O3/c22-3-1-19(2-4-24-12-19)11-21-18(23)20-10-17-15-6-13-5-14(8-15)9-16(17)7-13/h13-17,22H,1-12H2,(H2,20,21,23). The van der Waals surface area contributed by atoms with Crippen LogP contribution in [-0.4, -0.2) is 44.0 Å². The Bertz CT molecular complexity index is 434. The first kappa shape index (κ1) is 16.6. The lowest BCUT2D eigenvalue weighted by Crippen LogP contribution is -2.51. The zero-order valence-corrected chi connectivity index (χ0v) is 14.6. The van der Waals surface area contributed by atoms with Gasteiger partial charge in [0.05, 0.1) is 6.61 Å². The van der Waals surface area contributed by atoms with E-state index in [0.29, 0.717) is 25.5 Å². The van der Waals surface area contributed by atoms with E-state index in [0.717, 1.165) is 43.2 Å². The molecule has 4 aliphatic carbocycles. The van der Waals surface area contributed by atoms with Crippen molar-refractivity contribution in [1.29, 1.82) is 0 Å². The molecular formula is C19H32N2O3. The highest BCUT2D eigenvalue weighted by Crippen LogP contribution is 2.56. The molecule has 1 aliphatic heterocycles. The van der Waals surface area contributed by atoms with Crippen LogP contribution < -0.4 is 10.6 Å². The number of aliphatic hydroxyl groups is 1. The lowest BCUT2D eigenvalue weighted by atomic mass is 9.52. The van der Waals surface area contributed by atoms with Crippen molar-refractivity contribution in [3.05, 3.63) is 0 Å². The van der Waals surface area contributed by atoms with Gasteiger partial charge < -0.3 is 20.5 Å². The molecule has 4 bridgehead atoms. The van der Waals surface area contributed by atoms with Crippen molar-refractivity contribution in [2.75, 3.05) is 32.9 Å². The normalized spacial score (nSPS) is 43.1. The summed E-state index contributed by atoms with van der Waals surface area (Å²) in [7, 11) is 0. The maximum atomic E-state index is 12.3. The first-order chi connectivity index (χ1) is 11.7. The van der Waals surface area contributed by atoms with Crippen molar-refractivity contribution < 1.29 is 14.6 Å². The summed E-state index contributed by atoms with van der Waals surface area (Å²) in [5.74, 6) is 4.37.